The molecular weight excluding hydrogens is 192 g/mol. The Morgan fingerprint density at radius 2 is 1.92 bits per heavy atom. The van der Waals surface area contributed by atoms with Crippen molar-refractivity contribution in [3.63, 3.8) is 0 Å². The van der Waals surface area contributed by atoms with E-state index in [2.05, 4.69) is 44.2 Å². The SMILES string of the molecule is CC(C)=CCc1cc[c]([Mg][Cl])cc1. The Hall–Kier alpha value is 0.0162. The summed E-state index contributed by atoms with van der Waals surface area (Å²) in [6.45, 7) is 4.25. The van der Waals surface area contributed by atoms with E-state index < -0.39 is 19.3 Å². The molecule has 0 saturated heterocycles. The average Bonchev–Trinajstić information content (AvgIpc) is 2.15. The summed E-state index contributed by atoms with van der Waals surface area (Å²) in [6, 6.07) is 8.63. The van der Waals surface area contributed by atoms with Crippen LogP contribution in [0.15, 0.2) is 35.9 Å². The Morgan fingerprint density at radius 3 is 2.38 bits per heavy atom. The third kappa shape index (κ3) is 4.16. The van der Waals surface area contributed by atoms with Crippen molar-refractivity contribution in [2.45, 2.75) is 20.3 Å². The molecule has 1 rings (SSSR count). The van der Waals surface area contributed by atoms with Gasteiger partial charge in [-0.25, -0.2) is 0 Å². The Morgan fingerprint density at radius 1 is 1.31 bits per heavy atom. The average molecular weight is 205 g/mol. The first kappa shape index (κ1) is 11.1. The molecule has 0 N–H and O–H groups in total. The number of benzene rings is 1. The Bertz CT molecular complexity index is 283. The molecule has 66 valence electrons. The van der Waals surface area contributed by atoms with Crippen molar-refractivity contribution in [2.75, 3.05) is 0 Å². The van der Waals surface area contributed by atoms with Gasteiger partial charge in [-0.1, -0.05) is 35.9 Å². The maximum absolute atomic E-state index is 5.83. The van der Waals surface area contributed by atoms with Crippen molar-refractivity contribution < 1.29 is 0 Å². The highest BCUT2D eigenvalue weighted by Gasteiger charge is 1.95. The highest BCUT2D eigenvalue weighted by atomic mass is 35.5. The predicted molar refractivity (Wildman–Crippen MR) is 60.8 cm³/mol. The Kier molecular flexibility index (Phi) is 4.85. The zero-order valence-corrected chi connectivity index (χ0v) is 10.3. The summed E-state index contributed by atoms with van der Waals surface area (Å²) in [4.78, 5) is 0. The van der Waals surface area contributed by atoms with Crippen LogP contribution in [-0.4, -0.2) is 19.3 Å². The molecule has 0 aromatic heterocycles. The van der Waals surface area contributed by atoms with Crippen LogP contribution < -0.4 is 3.69 Å². The molecule has 0 fully saturated rings. The van der Waals surface area contributed by atoms with Crippen LogP contribution in [0.4, 0.5) is 0 Å². The van der Waals surface area contributed by atoms with Crippen LogP contribution in [0.25, 0.3) is 0 Å². The lowest BCUT2D eigenvalue weighted by atomic mass is 10.1. The molecule has 0 unspecified atom stereocenters. The van der Waals surface area contributed by atoms with Crippen LogP contribution in [0.5, 0.6) is 0 Å². The van der Waals surface area contributed by atoms with E-state index in [1.807, 2.05) is 0 Å². The molecule has 1 aromatic rings. The van der Waals surface area contributed by atoms with Gasteiger partial charge in [0.05, 0.1) is 0 Å². The van der Waals surface area contributed by atoms with Crippen LogP contribution in [0.1, 0.15) is 19.4 Å². The summed E-state index contributed by atoms with van der Waals surface area (Å²) >= 11 is -0.498. The van der Waals surface area contributed by atoms with Gasteiger partial charge in [0.15, 0.2) is 0 Å². The molecular formula is C11H13ClMg. The van der Waals surface area contributed by atoms with E-state index in [4.69, 9.17) is 9.07 Å². The minimum atomic E-state index is -0.498. The molecule has 0 aliphatic heterocycles. The molecule has 0 atom stereocenters. The summed E-state index contributed by atoms with van der Waals surface area (Å²) in [7, 11) is 5.83. The molecule has 0 heterocycles. The lowest BCUT2D eigenvalue weighted by Gasteiger charge is -1.99. The zero-order valence-electron chi connectivity index (χ0n) is 8.18. The lowest BCUT2D eigenvalue weighted by molar-refractivity contribution is 1.22. The van der Waals surface area contributed by atoms with Crippen LogP contribution in [0.3, 0.4) is 0 Å². The van der Waals surface area contributed by atoms with Gasteiger partial charge in [0, 0.05) is 0 Å². The highest BCUT2D eigenvalue weighted by Crippen LogP contribution is 2.01. The molecule has 0 nitrogen and oxygen atoms in total. The van der Waals surface area contributed by atoms with Gasteiger partial charge in [0.2, 0.25) is 0 Å². The second kappa shape index (κ2) is 5.68. The van der Waals surface area contributed by atoms with Crippen molar-refractivity contribution in [1.82, 2.24) is 0 Å². The van der Waals surface area contributed by atoms with Crippen LogP contribution >= 0.6 is 9.07 Å². The number of hydrogen-bond acceptors (Lipinski definition) is 0. The van der Waals surface area contributed by atoms with E-state index in [-0.39, 0.29) is 0 Å². The van der Waals surface area contributed by atoms with Gasteiger partial charge in [0.25, 0.3) is 0 Å². The van der Waals surface area contributed by atoms with E-state index >= 15 is 0 Å². The molecule has 0 spiro atoms. The first-order chi connectivity index (χ1) is 6.22. The summed E-state index contributed by atoms with van der Waals surface area (Å²) in [5, 5.41) is 0. The van der Waals surface area contributed by atoms with Crippen molar-refractivity contribution in [3.05, 3.63) is 41.5 Å². The monoisotopic (exact) mass is 204 g/mol. The molecule has 2 heteroatoms. The van der Waals surface area contributed by atoms with Gasteiger partial charge in [0.1, 0.15) is 0 Å². The van der Waals surface area contributed by atoms with Gasteiger partial charge >= 0.3 is 19.3 Å². The first-order valence-corrected chi connectivity index (χ1v) is 7.34. The molecule has 13 heavy (non-hydrogen) atoms. The molecule has 0 bridgehead atoms. The van der Waals surface area contributed by atoms with Gasteiger partial charge in [-0.3, -0.25) is 0 Å². The van der Waals surface area contributed by atoms with Gasteiger partial charge in [-0.05, 0) is 25.8 Å². The van der Waals surface area contributed by atoms with Crippen LogP contribution in [-0.2, 0) is 6.42 Å². The molecule has 0 amide bonds. The topological polar surface area (TPSA) is 0 Å². The van der Waals surface area contributed by atoms with E-state index in [0.717, 1.165) is 6.42 Å². The van der Waals surface area contributed by atoms with Crippen molar-refractivity contribution in [1.29, 1.82) is 0 Å². The summed E-state index contributed by atoms with van der Waals surface area (Å²) < 4.78 is 1.32. The maximum atomic E-state index is 5.83. The largest absolute Gasteiger partial charge is 0.538 e. The number of hydrogen-bond donors (Lipinski definition) is 0. The highest BCUT2D eigenvalue weighted by molar-refractivity contribution is 7.01. The predicted octanol–water partition coefficient (Wildman–Crippen LogP) is 2.68. The standard InChI is InChI=1S/C11H13.ClH.Mg/c1-10(2)8-9-11-6-4-3-5-7-11;;/h4-8H,9H2,1-2H3;1H;/q;;+1/p-1. The normalized spacial score (nSPS) is 9.15. The first-order valence-electron chi connectivity index (χ1n) is 4.49. The fourth-order valence-corrected chi connectivity index (χ4v) is 2.03. The lowest BCUT2D eigenvalue weighted by Crippen LogP contribution is -2.07. The molecule has 0 aliphatic carbocycles. The Labute approximate surface area is 93.5 Å². The third-order valence-corrected chi connectivity index (χ3v) is 3.63. The fourth-order valence-electron chi connectivity index (χ4n) is 1.09. The van der Waals surface area contributed by atoms with E-state index in [0.29, 0.717) is 0 Å². The van der Waals surface area contributed by atoms with Crippen molar-refractivity contribution >= 4 is 32.0 Å². The summed E-state index contributed by atoms with van der Waals surface area (Å²) in [5.74, 6) is 0. The summed E-state index contributed by atoms with van der Waals surface area (Å²) in [6.07, 6.45) is 3.28. The zero-order chi connectivity index (χ0) is 9.68. The van der Waals surface area contributed by atoms with Gasteiger partial charge in [-0.2, -0.15) is 0 Å². The van der Waals surface area contributed by atoms with Gasteiger partial charge in [-0.15, -0.1) is 3.69 Å². The van der Waals surface area contributed by atoms with E-state index in [1.54, 1.807) is 0 Å². The van der Waals surface area contributed by atoms with Crippen molar-refractivity contribution in [3.8, 4) is 0 Å². The minimum Gasteiger partial charge on any atom is -0.336 e. The number of rotatable bonds is 3. The minimum absolute atomic E-state index is 0.498. The van der Waals surface area contributed by atoms with E-state index in [9.17, 15) is 0 Å². The number of allylic oxidation sites excluding steroid dienone is 2. The molecule has 0 saturated carbocycles. The second-order valence-electron chi connectivity index (χ2n) is 3.44. The third-order valence-electron chi connectivity index (χ3n) is 1.92. The molecule has 0 radical (unpaired) electrons. The van der Waals surface area contributed by atoms with Crippen molar-refractivity contribution in [2.24, 2.45) is 0 Å². The van der Waals surface area contributed by atoms with Gasteiger partial charge < -0.3 is 9.07 Å². The molecule has 0 aliphatic rings. The Balaban J connectivity index is 2.64. The van der Waals surface area contributed by atoms with Crippen LogP contribution in [0, 0.1) is 0 Å². The molecule has 1 aromatic carbocycles. The number of halogens is 1. The smallest absolute Gasteiger partial charge is 0.336 e. The second-order valence-corrected chi connectivity index (χ2v) is 5.32. The maximum Gasteiger partial charge on any atom is 0.538 e. The fraction of sp³-hybridized carbons (Fsp3) is 0.273. The summed E-state index contributed by atoms with van der Waals surface area (Å²) in [5.41, 5.74) is 2.74. The quantitative estimate of drug-likeness (QED) is 0.525. The van der Waals surface area contributed by atoms with E-state index in [1.165, 1.54) is 14.8 Å². The van der Waals surface area contributed by atoms with Crippen LogP contribution in [0.2, 0.25) is 0 Å².